The third kappa shape index (κ3) is 3.85. The van der Waals surface area contributed by atoms with Crippen LogP contribution in [0.25, 0.3) is 0 Å². The van der Waals surface area contributed by atoms with Gasteiger partial charge in [-0.15, -0.1) is 0 Å². The molecule has 2 aliphatic carbocycles. The molecule has 2 bridgehead atoms. The fourth-order valence-electron chi connectivity index (χ4n) is 2.85. The Morgan fingerprint density at radius 1 is 1.30 bits per heavy atom. The summed E-state index contributed by atoms with van der Waals surface area (Å²) in [6.07, 6.45) is 6.98. The van der Waals surface area contributed by atoms with Gasteiger partial charge in [-0.3, -0.25) is 0 Å². The van der Waals surface area contributed by atoms with Crippen molar-refractivity contribution in [1.29, 1.82) is 0 Å². The van der Waals surface area contributed by atoms with Gasteiger partial charge in [0.2, 0.25) is 0 Å². The molecule has 2 rings (SSSR count). The number of ether oxygens (including phenoxy) is 1. The molecule has 0 spiro atoms. The Hall–Kier alpha value is -1.78. The zero-order valence-corrected chi connectivity index (χ0v) is 11.9. The molecule has 0 aromatic heterocycles. The molecule has 1 fully saturated rings. The van der Waals surface area contributed by atoms with Crippen molar-refractivity contribution < 1.29 is 14.3 Å². The van der Waals surface area contributed by atoms with E-state index in [9.17, 15) is 9.59 Å². The van der Waals surface area contributed by atoms with Crippen LogP contribution in [-0.2, 0) is 9.53 Å². The van der Waals surface area contributed by atoms with E-state index < -0.39 is 5.97 Å². The third-order valence-electron chi connectivity index (χ3n) is 3.91. The lowest BCUT2D eigenvalue weighted by Gasteiger charge is -2.18. The van der Waals surface area contributed by atoms with E-state index >= 15 is 0 Å². The summed E-state index contributed by atoms with van der Waals surface area (Å²) < 4.78 is 4.88. The van der Waals surface area contributed by atoms with Gasteiger partial charge in [-0.25, -0.2) is 9.59 Å². The summed E-state index contributed by atoms with van der Waals surface area (Å²) in [4.78, 5) is 22.7. The molecular formula is C15H22N2O3. The first-order chi connectivity index (χ1) is 9.56. The largest absolute Gasteiger partial charge is 0.460 e. The van der Waals surface area contributed by atoms with Gasteiger partial charge in [0.1, 0.15) is 6.61 Å². The van der Waals surface area contributed by atoms with Crippen molar-refractivity contribution in [2.24, 2.45) is 17.8 Å². The van der Waals surface area contributed by atoms with Crippen LogP contribution in [0, 0.1) is 17.8 Å². The minimum Gasteiger partial charge on any atom is -0.460 e. The highest BCUT2D eigenvalue weighted by Gasteiger charge is 2.35. The van der Waals surface area contributed by atoms with Crippen LogP contribution in [0.5, 0.6) is 0 Å². The second-order valence-corrected chi connectivity index (χ2v) is 5.59. The zero-order chi connectivity index (χ0) is 14.5. The number of fused-ring (bicyclic) bond motifs is 2. The summed E-state index contributed by atoms with van der Waals surface area (Å²) in [5, 5.41) is 5.55. The number of nitrogens with one attached hydrogen (secondary N) is 2. The average molecular weight is 278 g/mol. The lowest BCUT2D eigenvalue weighted by Crippen LogP contribution is -2.40. The van der Waals surface area contributed by atoms with Crippen LogP contribution >= 0.6 is 0 Å². The number of amides is 2. The molecule has 3 unspecified atom stereocenters. The molecule has 1 saturated carbocycles. The molecule has 5 heteroatoms. The van der Waals surface area contributed by atoms with Gasteiger partial charge in [-0.05, 0) is 37.5 Å². The van der Waals surface area contributed by atoms with Gasteiger partial charge >= 0.3 is 12.0 Å². The number of allylic oxidation sites excluding steroid dienone is 2. The maximum absolute atomic E-state index is 11.6. The molecule has 2 aliphatic rings. The lowest BCUT2D eigenvalue weighted by atomic mass is 9.94. The molecular weight excluding hydrogens is 256 g/mol. The van der Waals surface area contributed by atoms with Crippen LogP contribution < -0.4 is 10.6 Å². The van der Waals surface area contributed by atoms with Crippen molar-refractivity contribution in [1.82, 2.24) is 10.6 Å². The van der Waals surface area contributed by atoms with E-state index in [0.717, 1.165) is 5.92 Å². The molecule has 110 valence electrons. The van der Waals surface area contributed by atoms with E-state index in [4.69, 9.17) is 4.74 Å². The number of hydrogen-bond donors (Lipinski definition) is 2. The molecule has 0 aromatic rings. The summed E-state index contributed by atoms with van der Waals surface area (Å²) >= 11 is 0. The van der Waals surface area contributed by atoms with Crippen molar-refractivity contribution in [3.63, 3.8) is 0 Å². The second kappa shape index (κ2) is 6.59. The van der Waals surface area contributed by atoms with E-state index in [1.165, 1.54) is 12.8 Å². The van der Waals surface area contributed by atoms with Crippen molar-refractivity contribution in [2.75, 3.05) is 19.7 Å². The molecule has 20 heavy (non-hydrogen) atoms. The predicted octanol–water partition coefficient (Wildman–Crippen LogP) is 1.62. The van der Waals surface area contributed by atoms with Crippen LogP contribution in [-0.4, -0.2) is 31.7 Å². The van der Waals surface area contributed by atoms with Gasteiger partial charge in [0.05, 0.1) is 6.54 Å². The maximum Gasteiger partial charge on any atom is 0.333 e. The van der Waals surface area contributed by atoms with Crippen LogP contribution in [0.2, 0.25) is 0 Å². The van der Waals surface area contributed by atoms with Gasteiger partial charge < -0.3 is 15.4 Å². The number of esters is 1. The lowest BCUT2D eigenvalue weighted by molar-refractivity contribution is -0.138. The Labute approximate surface area is 119 Å². The van der Waals surface area contributed by atoms with Crippen molar-refractivity contribution in [2.45, 2.75) is 19.8 Å². The molecule has 2 N–H and O–H groups in total. The third-order valence-corrected chi connectivity index (χ3v) is 3.91. The Morgan fingerprint density at radius 2 is 2.10 bits per heavy atom. The van der Waals surface area contributed by atoms with Gasteiger partial charge in [-0.1, -0.05) is 18.7 Å². The van der Waals surface area contributed by atoms with Crippen molar-refractivity contribution in [3.8, 4) is 0 Å². The van der Waals surface area contributed by atoms with E-state index in [1.54, 1.807) is 6.92 Å². The van der Waals surface area contributed by atoms with Crippen LogP contribution in [0.3, 0.4) is 0 Å². The SMILES string of the molecule is C=C(C)C(=O)OCCNC(=O)NCC1CC2C=CC1C2. The van der Waals surface area contributed by atoms with Gasteiger partial charge in [-0.2, -0.15) is 0 Å². The quantitative estimate of drug-likeness (QED) is 0.336. The summed E-state index contributed by atoms with van der Waals surface area (Å²) in [6, 6.07) is -0.205. The number of carbonyl (C=O) groups excluding carboxylic acids is 2. The Kier molecular flexibility index (Phi) is 4.82. The Balaban J connectivity index is 1.54. The monoisotopic (exact) mass is 278 g/mol. The smallest absolute Gasteiger partial charge is 0.333 e. The molecule has 0 heterocycles. The molecule has 0 aromatic carbocycles. The molecule has 0 saturated heterocycles. The highest BCUT2D eigenvalue weighted by molar-refractivity contribution is 5.86. The predicted molar refractivity (Wildman–Crippen MR) is 76.0 cm³/mol. The van der Waals surface area contributed by atoms with Crippen molar-refractivity contribution >= 4 is 12.0 Å². The molecule has 5 nitrogen and oxygen atoms in total. The second-order valence-electron chi connectivity index (χ2n) is 5.59. The summed E-state index contributed by atoms with van der Waals surface area (Å²) in [6.45, 7) is 6.25. The van der Waals surface area contributed by atoms with Crippen LogP contribution in [0.1, 0.15) is 19.8 Å². The number of hydrogen-bond acceptors (Lipinski definition) is 3. The topological polar surface area (TPSA) is 67.4 Å². The fraction of sp³-hybridized carbons (Fsp3) is 0.600. The first-order valence-electron chi connectivity index (χ1n) is 7.09. The fourth-order valence-corrected chi connectivity index (χ4v) is 2.85. The Bertz CT molecular complexity index is 431. The minimum atomic E-state index is -0.430. The van der Waals surface area contributed by atoms with Gasteiger partial charge in [0.25, 0.3) is 0 Å². The maximum atomic E-state index is 11.6. The van der Waals surface area contributed by atoms with Gasteiger partial charge in [0.15, 0.2) is 0 Å². The van der Waals surface area contributed by atoms with Crippen LogP contribution in [0.15, 0.2) is 24.3 Å². The standard InChI is InChI=1S/C15H22N2O3/c1-10(2)14(18)20-6-5-16-15(19)17-9-13-8-11-3-4-12(13)7-11/h3-4,11-13H,1,5-9H2,2H3,(H2,16,17,19). The summed E-state index contributed by atoms with van der Waals surface area (Å²) in [5.41, 5.74) is 0.360. The first kappa shape index (κ1) is 14.6. The number of carbonyl (C=O) groups is 2. The van der Waals surface area contributed by atoms with E-state index in [1.807, 2.05) is 0 Å². The van der Waals surface area contributed by atoms with Crippen LogP contribution in [0.4, 0.5) is 4.79 Å². The zero-order valence-electron chi connectivity index (χ0n) is 11.9. The van der Waals surface area contributed by atoms with Gasteiger partial charge in [0, 0.05) is 12.1 Å². The molecule has 0 radical (unpaired) electrons. The van der Waals surface area contributed by atoms with E-state index in [2.05, 4.69) is 29.4 Å². The van der Waals surface area contributed by atoms with E-state index in [-0.39, 0.29) is 12.6 Å². The molecule has 0 aliphatic heterocycles. The summed E-state index contributed by atoms with van der Waals surface area (Å²) in [7, 11) is 0. The first-order valence-corrected chi connectivity index (χ1v) is 7.09. The summed E-state index contributed by atoms with van der Waals surface area (Å²) in [5.74, 6) is 1.49. The van der Waals surface area contributed by atoms with Crippen molar-refractivity contribution in [3.05, 3.63) is 24.3 Å². The minimum absolute atomic E-state index is 0.163. The average Bonchev–Trinajstić information content (AvgIpc) is 3.03. The number of rotatable bonds is 6. The van der Waals surface area contributed by atoms with E-state index in [0.29, 0.717) is 30.5 Å². The molecule has 3 atom stereocenters. The highest BCUT2D eigenvalue weighted by Crippen LogP contribution is 2.42. The normalized spacial score (nSPS) is 26.4. The number of urea groups is 1. The molecule has 2 amide bonds. The Morgan fingerprint density at radius 3 is 2.70 bits per heavy atom. The highest BCUT2D eigenvalue weighted by atomic mass is 16.5.